The highest BCUT2D eigenvalue weighted by Gasteiger charge is 2.22. The maximum absolute atomic E-state index is 9.48. The largest absolute Gasteiger partial charge is 0.396 e. The Morgan fingerprint density at radius 2 is 1.55 bits per heavy atom. The van der Waals surface area contributed by atoms with E-state index in [-0.39, 0.29) is 12.6 Å². The second-order valence-corrected chi connectivity index (χ2v) is 8.38. The molecule has 2 heterocycles. The zero-order valence-corrected chi connectivity index (χ0v) is 18.2. The summed E-state index contributed by atoms with van der Waals surface area (Å²) in [5.74, 6) is 1.33. The number of nitrogens with zero attached hydrogens (tertiary/aromatic N) is 3. The lowest BCUT2D eigenvalue weighted by Gasteiger charge is -2.32. The summed E-state index contributed by atoms with van der Waals surface area (Å²) in [5.41, 5.74) is 2.51. The van der Waals surface area contributed by atoms with Crippen LogP contribution in [0.25, 0.3) is 10.7 Å². The first-order valence-electron chi connectivity index (χ1n) is 10.7. The van der Waals surface area contributed by atoms with Crippen molar-refractivity contribution in [3.8, 4) is 10.7 Å². The second kappa shape index (κ2) is 11.0. The van der Waals surface area contributed by atoms with Crippen molar-refractivity contribution < 1.29 is 9.63 Å². The Morgan fingerprint density at radius 3 is 2.16 bits per heavy atom. The summed E-state index contributed by atoms with van der Waals surface area (Å²) in [6.07, 6.45) is 2.36. The van der Waals surface area contributed by atoms with E-state index >= 15 is 0 Å². The molecule has 160 valence electrons. The topological polar surface area (TPSA) is 62.4 Å². The van der Waals surface area contributed by atoms with Gasteiger partial charge in [-0.15, -0.1) is 11.3 Å². The summed E-state index contributed by atoms with van der Waals surface area (Å²) in [6, 6.07) is 25.3. The van der Waals surface area contributed by atoms with Crippen LogP contribution in [0.1, 0.15) is 35.9 Å². The van der Waals surface area contributed by atoms with Gasteiger partial charge in [-0.1, -0.05) is 71.9 Å². The van der Waals surface area contributed by atoms with Crippen molar-refractivity contribution in [1.82, 2.24) is 15.0 Å². The molecule has 0 radical (unpaired) electrons. The molecule has 4 aromatic rings. The summed E-state index contributed by atoms with van der Waals surface area (Å²) in [4.78, 5) is 8.01. The summed E-state index contributed by atoms with van der Waals surface area (Å²) in [5, 5.41) is 15.6. The smallest absolute Gasteiger partial charge is 0.227 e. The second-order valence-electron chi connectivity index (χ2n) is 7.43. The summed E-state index contributed by atoms with van der Waals surface area (Å²) in [7, 11) is 0. The van der Waals surface area contributed by atoms with Crippen molar-refractivity contribution in [3.63, 3.8) is 0 Å². The Balaban J connectivity index is 1.48. The van der Waals surface area contributed by atoms with Gasteiger partial charge >= 0.3 is 0 Å². The van der Waals surface area contributed by atoms with E-state index in [2.05, 4.69) is 63.6 Å². The molecule has 0 saturated heterocycles. The normalized spacial score (nSPS) is 11.5. The standard InChI is InChI=1S/C25H27N3O2S/c29-18-9-17-28(16-7-15-23-26-25(27-30-23)22-14-8-19-31-22)24(20-10-3-1-4-11-20)21-12-5-2-6-13-21/h1-6,8,10-14,19,24,29H,7,9,15-18H2. The first-order valence-corrected chi connectivity index (χ1v) is 11.5. The third kappa shape index (κ3) is 5.67. The van der Waals surface area contributed by atoms with E-state index in [4.69, 9.17) is 4.52 Å². The Morgan fingerprint density at radius 1 is 0.871 bits per heavy atom. The van der Waals surface area contributed by atoms with Crippen molar-refractivity contribution in [1.29, 1.82) is 0 Å². The molecule has 6 heteroatoms. The van der Waals surface area contributed by atoms with Gasteiger partial charge in [-0.05, 0) is 42.0 Å². The van der Waals surface area contributed by atoms with E-state index in [1.807, 2.05) is 29.6 Å². The molecule has 2 aromatic heterocycles. The summed E-state index contributed by atoms with van der Waals surface area (Å²) < 4.78 is 5.47. The third-order valence-corrected chi connectivity index (χ3v) is 6.11. The highest BCUT2D eigenvalue weighted by molar-refractivity contribution is 7.13. The van der Waals surface area contributed by atoms with Gasteiger partial charge in [-0.2, -0.15) is 4.98 Å². The minimum Gasteiger partial charge on any atom is -0.396 e. The minimum absolute atomic E-state index is 0.137. The number of aryl methyl sites for hydroxylation is 1. The van der Waals surface area contributed by atoms with Crippen LogP contribution in [0, 0.1) is 0 Å². The minimum atomic E-state index is 0.137. The van der Waals surface area contributed by atoms with Crippen LogP contribution in [-0.2, 0) is 6.42 Å². The molecule has 0 unspecified atom stereocenters. The van der Waals surface area contributed by atoms with Crippen molar-refractivity contribution in [2.24, 2.45) is 0 Å². The van der Waals surface area contributed by atoms with Crippen LogP contribution in [0.5, 0.6) is 0 Å². The summed E-state index contributed by atoms with van der Waals surface area (Å²) >= 11 is 1.61. The fourth-order valence-electron chi connectivity index (χ4n) is 3.82. The van der Waals surface area contributed by atoms with Crippen molar-refractivity contribution in [2.75, 3.05) is 19.7 Å². The lowest BCUT2D eigenvalue weighted by Crippen LogP contribution is -2.32. The first-order chi connectivity index (χ1) is 15.3. The van der Waals surface area contributed by atoms with Crippen LogP contribution < -0.4 is 0 Å². The lowest BCUT2D eigenvalue weighted by molar-refractivity contribution is 0.190. The molecule has 0 spiro atoms. The number of hydrogen-bond acceptors (Lipinski definition) is 6. The van der Waals surface area contributed by atoms with Crippen LogP contribution in [-0.4, -0.2) is 39.8 Å². The highest BCUT2D eigenvalue weighted by atomic mass is 32.1. The molecule has 2 aromatic carbocycles. The Labute approximate surface area is 187 Å². The van der Waals surface area contributed by atoms with Crippen molar-refractivity contribution in [2.45, 2.75) is 25.3 Å². The number of aliphatic hydroxyl groups is 1. The molecule has 0 amide bonds. The van der Waals surface area contributed by atoms with E-state index in [1.54, 1.807) is 11.3 Å². The molecule has 0 aliphatic rings. The summed E-state index contributed by atoms with van der Waals surface area (Å²) in [6.45, 7) is 1.86. The zero-order chi connectivity index (χ0) is 21.3. The quantitative estimate of drug-likeness (QED) is 0.352. The van der Waals surface area contributed by atoms with E-state index in [0.717, 1.165) is 37.2 Å². The lowest BCUT2D eigenvalue weighted by atomic mass is 9.96. The van der Waals surface area contributed by atoms with Crippen molar-refractivity contribution >= 4 is 11.3 Å². The van der Waals surface area contributed by atoms with Gasteiger partial charge in [0.2, 0.25) is 11.7 Å². The maximum Gasteiger partial charge on any atom is 0.227 e. The maximum atomic E-state index is 9.48. The van der Waals surface area contributed by atoms with E-state index < -0.39 is 0 Å². The average molecular weight is 434 g/mol. The molecule has 0 aliphatic heterocycles. The molecular weight excluding hydrogens is 406 g/mol. The number of aliphatic hydroxyl groups excluding tert-OH is 1. The molecular formula is C25H27N3O2S. The molecule has 4 rings (SSSR count). The van der Waals surface area contributed by atoms with Gasteiger partial charge in [0, 0.05) is 19.6 Å². The van der Waals surface area contributed by atoms with Crippen molar-refractivity contribution in [3.05, 3.63) is 95.2 Å². The van der Waals surface area contributed by atoms with Crippen LogP contribution in [0.3, 0.4) is 0 Å². The Bertz CT molecular complexity index is 980. The predicted octanol–water partition coefficient (Wildman–Crippen LogP) is 5.20. The fourth-order valence-corrected chi connectivity index (χ4v) is 4.47. The third-order valence-electron chi connectivity index (χ3n) is 5.24. The van der Waals surface area contributed by atoms with Crippen LogP contribution in [0.4, 0.5) is 0 Å². The molecule has 0 saturated carbocycles. The Kier molecular flexibility index (Phi) is 7.60. The van der Waals surface area contributed by atoms with Gasteiger partial charge in [0.15, 0.2) is 0 Å². The van der Waals surface area contributed by atoms with Gasteiger partial charge < -0.3 is 9.63 Å². The van der Waals surface area contributed by atoms with E-state index in [9.17, 15) is 5.11 Å². The molecule has 5 nitrogen and oxygen atoms in total. The van der Waals surface area contributed by atoms with Gasteiger partial charge in [0.25, 0.3) is 0 Å². The number of hydrogen-bond donors (Lipinski definition) is 1. The highest BCUT2D eigenvalue weighted by Crippen LogP contribution is 2.29. The van der Waals surface area contributed by atoms with Gasteiger partial charge in [0.1, 0.15) is 0 Å². The van der Waals surface area contributed by atoms with Gasteiger partial charge in [-0.3, -0.25) is 4.90 Å². The van der Waals surface area contributed by atoms with Crippen LogP contribution in [0.2, 0.25) is 0 Å². The molecule has 0 atom stereocenters. The number of benzene rings is 2. The SMILES string of the molecule is OCCCN(CCCc1nc(-c2cccs2)no1)C(c1ccccc1)c1ccccc1. The molecule has 1 N–H and O–H groups in total. The van der Waals surface area contributed by atoms with E-state index in [0.29, 0.717) is 11.7 Å². The number of aromatic nitrogens is 2. The molecule has 0 aliphatic carbocycles. The number of thiophene rings is 1. The van der Waals surface area contributed by atoms with Crippen LogP contribution >= 0.6 is 11.3 Å². The monoisotopic (exact) mass is 433 g/mol. The van der Waals surface area contributed by atoms with Gasteiger partial charge in [0.05, 0.1) is 10.9 Å². The van der Waals surface area contributed by atoms with E-state index in [1.165, 1.54) is 11.1 Å². The average Bonchev–Trinajstić information content (AvgIpc) is 3.51. The molecule has 0 bridgehead atoms. The number of rotatable bonds is 11. The fraction of sp³-hybridized carbons (Fsp3) is 0.280. The predicted molar refractivity (Wildman–Crippen MR) is 124 cm³/mol. The first kappa shape index (κ1) is 21.4. The molecule has 0 fully saturated rings. The zero-order valence-electron chi connectivity index (χ0n) is 17.4. The van der Waals surface area contributed by atoms with Crippen LogP contribution in [0.15, 0.2) is 82.7 Å². The Hall–Kier alpha value is -2.80. The molecule has 31 heavy (non-hydrogen) atoms. The van der Waals surface area contributed by atoms with Gasteiger partial charge in [-0.25, -0.2) is 0 Å².